The normalized spacial score (nSPS) is 18.6. The molecule has 174 valence electrons. The summed E-state index contributed by atoms with van der Waals surface area (Å²) < 4.78 is 6.38. The summed E-state index contributed by atoms with van der Waals surface area (Å²) in [5, 5.41) is 2.91. The van der Waals surface area contributed by atoms with Crippen LogP contribution in [-0.2, 0) is 14.3 Å². The van der Waals surface area contributed by atoms with Gasteiger partial charge in [-0.3, -0.25) is 14.5 Å². The lowest BCUT2D eigenvalue weighted by Crippen LogP contribution is -2.48. The van der Waals surface area contributed by atoms with Gasteiger partial charge in [-0.2, -0.15) is 0 Å². The molecule has 1 aliphatic heterocycles. The fourth-order valence-electron chi connectivity index (χ4n) is 3.35. The molecule has 0 spiro atoms. The molecular formula is C25H28BrN3O4. The van der Waals surface area contributed by atoms with Gasteiger partial charge in [0.05, 0.1) is 5.92 Å². The van der Waals surface area contributed by atoms with Crippen LogP contribution < -0.4 is 5.32 Å². The van der Waals surface area contributed by atoms with Gasteiger partial charge in [-0.15, -0.1) is 0 Å². The largest absolute Gasteiger partial charge is 0.444 e. The van der Waals surface area contributed by atoms with Crippen LogP contribution in [0.5, 0.6) is 0 Å². The van der Waals surface area contributed by atoms with Crippen molar-refractivity contribution in [2.24, 2.45) is 5.92 Å². The number of anilines is 1. The Morgan fingerprint density at radius 2 is 1.70 bits per heavy atom. The molecule has 1 aliphatic rings. The zero-order valence-corrected chi connectivity index (χ0v) is 20.8. The average molecular weight is 514 g/mol. The third-order valence-corrected chi connectivity index (χ3v) is 5.54. The molecule has 1 N–H and O–H groups in total. The van der Waals surface area contributed by atoms with Crippen LogP contribution in [-0.4, -0.2) is 53.4 Å². The van der Waals surface area contributed by atoms with Crippen molar-refractivity contribution in [3.63, 3.8) is 0 Å². The van der Waals surface area contributed by atoms with E-state index in [1.807, 2.05) is 42.5 Å². The average Bonchev–Trinajstić information content (AvgIpc) is 2.75. The van der Waals surface area contributed by atoms with E-state index >= 15 is 0 Å². The molecule has 1 unspecified atom stereocenters. The number of halogens is 1. The molecule has 3 rings (SSSR count). The predicted molar refractivity (Wildman–Crippen MR) is 131 cm³/mol. The molecule has 0 saturated heterocycles. The number of carbonyl (C=O) groups excluding carboxylic acids is 3. The summed E-state index contributed by atoms with van der Waals surface area (Å²) in [5.74, 6) is -1.28. The van der Waals surface area contributed by atoms with Crippen LogP contribution in [0.25, 0.3) is 5.70 Å². The number of amides is 3. The molecule has 0 fully saturated rings. The number of hydrogen-bond acceptors (Lipinski definition) is 4. The fraction of sp³-hybridized carbons (Fsp3) is 0.320. The van der Waals surface area contributed by atoms with Gasteiger partial charge in [-0.25, -0.2) is 4.79 Å². The Morgan fingerprint density at radius 1 is 1.06 bits per heavy atom. The van der Waals surface area contributed by atoms with Crippen molar-refractivity contribution in [1.82, 2.24) is 9.80 Å². The van der Waals surface area contributed by atoms with Crippen LogP contribution in [0.3, 0.4) is 0 Å². The maximum atomic E-state index is 13.3. The van der Waals surface area contributed by atoms with E-state index in [0.717, 1.165) is 10.0 Å². The molecule has 0 saturated carbocycles. The number of rotatable bonds is 3. The van der Waals surface area contributed by atoms with Gasteiger partial charge in [-0.05, 0) is 56.7 Å². The van der Waals surface area contributed by atoms with E-state index in [9.17, 15) is 14.4 Å². The van der Waals surface area contributed by atoms with Crippen molar-refractivity contribution in [2.75, 3.05) is 25.5 Å². The number of hydrogen-bond donors (Lipinski definition) is 1. The fourth-order valence-corrected chi connectivity index (χ4v) is 3.62. The van der Waals surface area contributed by atoms with E-state index in [4.69, 9.17) is 4.74 Å². The van der Waals surface area contributed by atoms with Crippen molar-refractivity contribution >= 4 is 45.2 Å². The Kier molecular flexibility index (Phi) is 7.58. The summed E-state index contributed by atoms with van der Waals surface area (Å²) >= 11 is 3.38. The molecule has 1 atom stereocenters. The molecule has 3 amide bonds. The van der Waals surface area contributed by atoms with Gasteiger partial charge in [0, 0.05) is 29.4 Å². The lowest BCUT2D eigenvalue weighted by Gasteiger charge is -2.33. The highest BCUT2D eigenvalue weighted by Gasteiger charge is 2.33. The highest BCUT2D eigenvalue weighted by Crippen LogP contribution is 2.25. The minimum atomic E-state index is -0.728. The van der Waals surface area contributed by atoms with Crippen LogP contribution in [0.1, 0.15) is 26.3 Å². The topological polar surface area (TPSA) is 79.0 Å². The summed E-state index contributed by atoms with van der Waals surface area (Å²) in [6.45, 7) is 5.08. The number of benzene rings is 2. The van der Waals surface area contributed by atoms with E-state index in [0.29, 0.717) is 11.4 Å². The summed E-state index contributed by atoms with van der Waals surface area (Å²) in [6.07, 6.45) is 1.10. The van der Waals surface area contributed by atoms with Crippen molar-refractivity contribution in [2.45, 2.75) is 26.4 Å². The van der Waals surface area contributed by atoms with Gasteiger partial charge >= 0.3 is 6.09 Å². The number of carbonyl (C=O) groups is 3. The summed E-state index contributed by atoms with van der Waals surface area (Å²) in [5.41, 5.74) is 1.32. The zero-order valence-electron chi connectivity index (χ0n) is 19.2. The first kappa shape index (κ1) is 24.5. The van der Waals surface area contributed by atoms with E-state index in [2.05, 4.69) is 21.2 Å². The smallest absolute Gasteiger partial charge is 0.410 e. The lowest BCUT2D eigenvalue weighted by atomic mass is 10.0. The van der Waals surface area contributed by atoms with E-state index in [1.165, 1.54) is 9.80 Å². The first-order valence-corrected chi connectivity index (χ1v) is 11.4. The maximum Gasteiger partial charge on any atom is 0.410 e. The molecule has 0 radical (unpaired) electrons. The second-order valence-electron chi connectivity index (χ2n) is 8.83. The first-order valence-electron chi connectivity index (χ1n) is 10.6. The van der Waals surface area contributed by atoms with Gasteiger partial charge in [0.2, 0.25) is 11.8 Å². The van der Waals surface area contributed by atoms with Gasteiger partial charge in [0.15, 0.2) is 0 Å². The van der Waals surface area contributed by atoms with Crippen LogP contribution in [0.15, 0.2) is 65.1 Å². The highest BCUT2D eigenvalue weighted by atomic mass is 79.9. The molecule has 7 nitrogen and oxygen atoms in total. The Labute approximate surface area is 202 Å². The molecule has 2 aromatic rings. The van der Waals surface area contributed by atoms with Crippen LogP contribution in [0, 0.1) is 5.92 Å². The van der Waals surface area contributed by atoms with Gasteiger partial charge < -0.3 is 15.0 Å². The van der Waals surface area contributed by atoms with Crippen LogP contribution in [0.2, 0.25) is 0 Å². The van der Waals surface area contributed by atoms with E-state index < -0.39 is 17.6 Å². The third kappa shape index (κ3) is 6.68. The van der Waals surface area contributed by atoms with Crippen molar-refractivity contribution in [1.29, 1.82) is 0 Å². The second-order valence-corrected chi connectivity index (χ2v) is 9.75. The minimum Gasteiger partial charge on any atom is -0.444 e. The van der Waals surface area contributed by atoms with Crippen molar-refractivity contribution in [3.8, 4) is 0 Å². The van der Waals surface area contributed by atoms with Crippen molar-refractivity contribution < 1.29 is 19.1 Å². The van der Waals surface area contributed by atoms with Gasteiger partial charge in [-0.1, -0.05) is 46.3 Å². The second kappa shape index (κ2) is 10.2. The van der Waals surface area contributed by atoms with Gasteiger partial charge in [0.25, 0.3) is 0 Å². The van der Waals surface area contributed by atoms with Crippen LogP contribution >= 0.6 is 15.9 Å². The number of nitrogens with one attached hydrogen (secondary N) is 1. The first-order chi connectivity index (χ1) is 15.5. The summed E-state index contributed by atoms with van der Waals surface area (Å²) in [4.78, 5) is 41.8. The number of nitrogens with zero attached hydrogens (tertiary/aromatic N) is 2. The SMILES string of the molecule is CN1C(=O)CN(C(=O)OC(C)(C)C)CC(C(=O)Nc2ccc(Br)cc2)/C=C\1c1ccccc1. The molecule has 8 heteroatoms. The Hall–Kier alpha value is -3.13. The minimum absolute atomic E-state index is 0.00713. The predicted octanol–water partition coefficient (Wildman–Crippen LogP) is 4.75. The monoisotopic (exact) mass is 513 g/mol. The molecular weight excluding hydrogens is 486 g/mol. The molecule has 0 bridgehead atoms. The quantitative estimate of drug-likeness (QED) is 0.641. The Bertz CT molecular complexity index is 1050. The molecule has 1 heterocycles. The zero-order chi connectivity index (χ0) is 24.2. The van der Waals surface area contributed by atoms with Crippen LogP contribution in [0.4, 0.5) is 10.5 Å². The lowest BCUT2D eigenvalue weighted by molar-refractivity contribution is -0.129. The maximum absolute atomic E-state index is 13.3. The standard InChI is InChI=1S/C25H28BrN3O4/c1-25(2,3)33-24(32)29-15-18(23(31)27-20-12-10-19(26)11-13-20)14-21(28(4)22(30)16-29)17-8-6-5-7-9-17/h5-14,18H,15-16H2,1-4H3,(H,27,31)/b21-14-. The van der Waals surface area contributed by atoms with Gasteiger partial charge in [0.1, 0.15) is 12.1 Å². The highest BCUT2D eigenvalue weighted by molar-refractivity contribution is 9.10. The molecule has 33 heavy (non-hydrogen) atoms. The molecule has 0 aliphatic carbocycles. The van der Waals surface area contributed by atoms with Crippen molar-refractivity contribution in [3.05, 3.63) is 70.7 Å². The van der Waals surface area contributed by atoms with E-state index in [1.54, 1.807) is 46.0 Å². The third-order valence-electron chi connectivity index (χ3n) is 5.01. The summed E-state index contributed by atoms with van der Waals surface area (Å²) in [6, 6.07) is 16.6. The number of ether oxygens (including phenoxy) is 1. The summed E-state index contributed by atoms with van der Waals surface area (Å²) in [7, 11) is 1.64. The Balaban J connectivity index is 1.98. The molecule has 2 aromatic carbocycles. The Morgan fingerprint density at radius 3 is 2.30 bits per heavy atom. The molecule has 0 aromatic heterocycles. The number of likely N-dealkylation sites (N-methyl/N-ethyl adjacent to an activating group) is 1. The van der Waals surface area contributed by atoms with E-state index in [-0.39, 0.29) is 24.9 Å².